The van der Waals surface area contributed by atoms with Crippen molar-refractivity contribution in [1.29, 1.82) is 0 Å². The van der Waals surface area contributed by atoms with Crippen LogP contribution >= 0.6 is 0 Å². The molecule has 1 aromatic rings. The zero-order valence-corrected chi connectivity index (χ0v) is 10.1. The molecular formula is C13H22N2O. The molecule has 1 N–H and O–H groups in total. The molecule has 0 unspecified atom stereocenters. The van der Waals surface area contributed by atoms with E-state index in [1.165, 1.54) is 31.5 Å². The van der Waals surface area contributed by atoms with Crippen molar-refractivity contribution in [3.63, 3.8) is 0 Å². The quantitative estimate of drug-likeness (QED) is 0.683. The molecule has 90 valence electrons. The molecule has 0 spiro atoms. The Bertz CT molecular complexity index is 280. The van der Waals surface area contributed by atoms with E-state index in [0.29, 0.717) is 0 Å². The van der Waals surface area contributed by atoms with Crippen LogP contribution in [0.3, 0.4) is 0 Å². The molecule has 3 nitrogen and oxygen atoms in total. The number of furan rings is 1. The third kappa shape index (κ3) is 3.99. The van der Waals surface area contributed by atoms with E-state index in [9.17, 15) is 0 Å². The van der Waals surface area contributed by atoms with Gasteiger partial charge in [-0.05, 0) is 31.4 Å². The van der Waals surface area contributed by atoms with Crippen LogP contribution in [0.5, 0.6) is 0 Å². The SMILES string of the molecule is CCN(CCNCc1ccoc1)CC1CC1. The number of hydrogen-bond donors (Lipinski definition) is 1. The molecular weight excluding hydrogens is 200 g/mol. The summed E-state index contributed by atoms with van der Waals surface area (Å²) in [6.07, 6.45) is 6.41. The van der Waals surface area contributed by atoms with Gasteiger partial charge in [0, 0.05) is 31.7 Å². The number of nitrogens with one attached hydrogen (secondary N) is 1. The Balaban J connectivity index is 1.55. The van der Waals surface area contributed by atoms with Crippen molar-refractivity contribution in [3.05, 3.63) is 24.2 Å². The second-order valence-electron chi connectivity index (χ2n) is 4.64. The standard InChI is InChI=1S/C13H22N2O/c1-2-15(10-12-3-4-12)7-6-14-9-13-5-8-16-11-13/h5,8,11-12,14H,2-4,6-7,9-10H2,1H3. The Morgan fingerprint density at radius 1 is 1.50 bits per heavy atom. The Hall–Kier alpha value is -0.800. The van der Waals surface area contributed by atoms with Gasteiger partial charge in [-0.3, -0.25) is 0 Å². The van der Waals surface area contributed by atoms with Crippen molar-refractivity contribution in [2.24, 2.45) is 5.92 Å². The lowest BCUT2D eigenvalue weighted by molar-refractivity contribution is 0.275. The van der Waals surface area contributed by atoms with E-state index in [1.807, 2.05) is 6.07 Å². The summed E-state index contributed by atoms with van der Waals surface area (Å²) in [7, 11) is 0. The van der Waals surface area contributed by atoms with Gasteiger partial charge in [0.15, 0.2) is 0 Å². The maximum absolute atomic E-state index is 5.02. The highest BCUT2D eigenvalue weighted by Gasteiger charge is 2.23. The van der Waals surface area contributed by atoms with Crippen LogP contribution in [0.4, 0.5) is 0 Å². The molecule has 1 saturated carbocycles. The van der Waals surface area contributed by atoms with E-state index in [4.69, 9.17) is 4.42 Å². The van der Waals surface area contributed by atoms with Crippen molar-refractivity contribution < 1.29 is 4.42 Å². The molecule has 1 heterocycles. The number of nitrogens with zero attached hydrogens (tertiary/aromatic N) is 1. The first-order valence-electron chi connectivity index (χ1n) is 6.32. The average Bonchev–Trinajstić information content (AvgIpc) is 2.96. The summed E-state index contributed by atoms with van der Waals surface area (Å²) in [5, 5.41) is 3.44. The molecule has 0 amide bonds. The molecule has 1 aliphatic rings. The van der Waals surface area contributed by atoms with Crippen LogP contribution in [-0.2, 0) is 6.54 Å². The molecule has 0 aliphatic heterocycles. The fourth-order valence-electron chi connectivity index (χ4n) is 1.91. The molecule has 1 aliphatic carbocycles. The highest BCUT2D eigenvalue weighted by Crippen LogP contribution is 2.29. The molecule has 1 aromatic heterocycles. The molecule has 0 saturated heterocycles. The third-order valence-electron chi connectivity index (χ3n) is 3.17. The molecule has 2 rings (SSSR count). The summed E-state index contributed by atoms with van der Waals surface area (Å²) in [4.78, 5) is 2.54. The van der Waals surface area contributed by atoms with Crippen LogP contribution in [0.1, 0.15) is 25.3 Å². The van der Waals surface area contributed by atoms with Gasteiger partial charge in [-0.2, -0.15) is 0 Å². The predicted octanol–water partition coefficient (Wildman–Crippen LogP) is 2.10. The summed E-state index contributed by atoms with van der Waals surface area (Å²) < 4.78 is 5.02. The van der Waals surface area contributed by atoms with Gasteiger partial charge in [0.2, 0.25) is 0 Å². The molecule has 16 heavy (non-hydrogen) atoms. The summed E-state index contributed by atoms with van der Waals surface area (Å²) >= 11 is 0. The van der Waals surface area contributed by atoms with Crippen LogP contribution in [0.15, 0.2) is 23.0 Å². The summed E-state index contributed by atoms with van der Waals surface area (Å²) in [6, 6.07) is 2.01. The maximum Gasteiger partial charge on any atom is 0.0947 e. The summed E-state index contributed by atoms with van der Waals surface area (Å²) in [5.41, 5.74) is 1.23. The van der Waals surface area contributed by atoms with Gasteiger partial charge < -0.3 is 14.6 Å². The highest BCUT2D eigenvalue weighted by atomic mass is 16.3. The van der Waals surface area contributed by atoms with Gasteiger partial charge in [0.25, 0.3) is 0 Å². The van der Waals surface area contributed by atoms with Crippen molar-refractivity contribution in [1.82, 2.24) is 10.2 Å². The fraction of sp³-hybridized carbons (Fsp3) is 0.692. The number of rotatable bonds is 8. The third-order valence-corrected chi connectivity index (χ3v) is 3.17. The monoisotopic (exact) mass is 222 g/mol. The second-order valence-corrected chi connectivity index (χ2v) is 4.64. The molecule has 0 aromatic carbocycles. The summed E-state index contributed by atoms with van der Waals surface area (Å²) in [6.45, 7) is 7.85. The molecule has 0 atom stereocenters. The lowest BCUT2D eigenvalue weighted by Crippen LogP contribution is -2.33. The molecule has 1 fully saturated rings. The van der Waals surface area contributed by atoms with Gasteiger partial charge >= 0.3 is 0 Å². The van der Waals surface area contributed by atoms with Crippen LogP contribution in [0.25, 0.3) is 0 Å². The van der Waals surface area contributed by atoms with E-state index < -0.39 is 0 Å². The largest absolute Gasteiger partial charge is 0.472 e. The van der Waals surface area contributed by atoms with E-state index in [2.05, 4.69) is 17.1 Å². The minimum absolute atomic E-state index is 0.914. The second kappa shape index (κ2) is 6.06. The molecule has 3 heteroatoms. The first-order chi connectivity index (χ1) is 7.88. The van der Waals surface area contributed by atoms with Gasteiger partial charge in [0.1, 0.15) is 0 Å². The lowest BCUT2D eigenvalue weighted by Gasteiger charge is -2.20. The number of likely N-dealkylation sites (N-methyl/N-ethyl adjacent to an activating group) is 1. The van der Waals surface area contributed by atoms with Crippen molar-refractivity contribution in [2.45, 2.75) is 26.3 Å². The smallest absolute Gasteiger partial charge is 0.0947 e. The normalized spacial score (nSPS) is 15.9. The zero-order chi connectivity index (χ0) is 11.2. The minimum atomic E-state index is 0.914. The van der Waals surface area contributed by atoms with Crippen molar-refractivity contribution >= 4 is 0 Å². The predicted molar refractivity (Wildman–Crippen MR) is 65.3 cm³/mol. The van der Waals surface area contributed by atoms with Gasteiger partial charge in [0.05, 0.1) is 12.5 Å². The van der Waals surface area contributed by atoms with Crippen molar-refractivity contribution in [3.8, 4) is 0 Å². The van der Waals surface area contributed by atoms with Gasteiger partial charge in [-0.25, -0.2) is 0 Å². The van der Waals surface area contributed by atoms with E-state index in [-0.39, 0.29) is 0 Å². The minimum Gasteiger partial charge on any atom is -0.472 e. The maximum atomic E-state index is 5.02. The Kier molecular flexibility index (Phi) is 4.43. The number of hydrogen-bond acceptors (Lipinski definition) is 3. The fourth-order valence-corrected chi connectivity index (χ4v) is 1.91. The highest BCUT2D eigenvalue weighted by molar-refractivity contribution is 5.04. The van der Waals surface area contributed by atoms with E-state index in [0.717, 1.165) is 25.6 Å². The lowest BCUT2D eigenvalue weighted by atomic mass is 10.3. The van der Waals surface area contributed by atoms with E-state index >= 15 is 0 Å². The Morgan fingerprint density at radius 3 is 3.00 bits per heavy atom. The van der Waals surface area contributed by atoms with Crippen LogP contribution < -0.4 is 5.32 Å². The van der Waals surface area contributed by atoms with Crippen LogP contribution in [0, 0.1) is 5.92 Å². The average molecular weight is 222 g/mol. The first-order valence-corrected chi connectivity index (χ1v) is 6.32. The van der Waals surface area contributed by atoms with Gasteiger partial charge in [-0.15, -0.1) is 0 Å². The Labute approximate surface area is 97.8 Å². The zero-order valence-electron chi connectivity index (χ0n) is 10.1. The van der Waals surface area contributed by atoms with E-state index in [1.54, 1.807) is 12.5 Å². The molecule has 0 bridgehead atoms. The van der Waals surface area contributed by atoms with Crippen molar-refractivity contribution in [2.75, 3.05) is 26.2 Å². The van der Waals surface area contributed by atoms with Gasteiger partial charge in [-0.1, -0.05) is 6.92 Å². The summed E-state index contributed by atoms with van der Waals surface area (Å²) in [5.74, 6) is 0.994. The first kappa shape index (κ1) is 11.7. The topological polar surface area (TPSA) is 28.4 Å². The van der Waals surface area contributed by atoms with Crippen LogP contribution in [0.2, 0.25) is 0 Å². The van der Waals surface area contributed by atoms with Crippen LogP contribution in [-0.4, -0.2) is 31.1 Å². The Morgan fingerprint density at radius 2 is 2.38 bits per heavy atom. The molecule has 0 radical (unpaired) electrons.